The zero-order chi connectivity index (χ0) is 25.7. The third kappa shape index (κ3) is 5.73. The number of aryl methyl sites for hydroxylation is 1. The van der Waals surface area contributed by atoms with E-state index in [2.05, 4.69) is 20.5 Å². The predicted octanol–water partition coefficient (Wildman–Crippen LogP) is 3.59. The van der Waals surface area contributed by atoms with Crippen molar-refractivity contribution in [3.05, 3.63) is 59.2 Å². The molecule has 1 N–H and O–H groups in total. The predicted molar refractivity (Wildman–Crippen MR) is 132 cm³/mol. The summed E-state index contributed by atoms with van der Waals surface area (Å²) in [5.41, 5.74) is 2.10. The fourth-order valence-corrected chi connectivity index (χ4v) is 5.53. The van der Waals surface area contributed by atoms with Crippen LogP contribution in [-0.4, -0.2) is 60.3 Å². The minimum atomic E-state index is -0.388. The topological polar surface area (TPSA) is 99.0 Å². The number of hydrogen-bond donors (Lipinski definition) is 1. The molecule has 1 aliphatic heterocycles. The van der Waals surface area contributed by atoms with E-state index >= 15 is 0 Å². The number of carbonyl (C=O) groups excluding carboxylic acids is 1. The van der Waals surface area contributed by atoms with Crippen molar-refractivity contribution in [2.45, 2.75) is 42.6 Å². The van der Waals surface area contributed by atoms with Crippen LogP contribution in [0.5, 0.6) is 17.2 Å². The number of nitrogens with one attached hydrogen (secondary N) is 1. The lowest BCUT2D eigenvalue weighted by molar-refractivity contribution is -0.125. The van der Waals surface area contributed by atoms with Gasteiger partial charge in [0.15, 0.2) is 11.5 Å². The lowest BCUT2D eigenvalue weighted by atomic mass is 10.1. The Morgan fingerprint density at radius 1 is 1.11 bits per heavy atom. The molecule has 0 aliphatic carbocycles. The lowest BCUT2D eigenvalue weighted by Gasteiger charge is -2.25. The molecule has 1 aromatic heterocycles. The molecule has 36 heavy (non-hydrogen) atoms. The second-order valence-corrected chi connectivity index (χ2v) is 9.76. The molecule has 0 saturated carbocycles. The number of carbonyl (C=O) groups is 1. The average molecular weight is 517 g/mol. The quantitative estimate of drug-likeness (QED) is 0.433. The molecule has 0 spiro atoms. The minimum Gasteiger partial charge on any atom is -0.493 e. The van der Waals surface area contributed by atoms with Crippen molar-refractivity contribution in [2.75, 3.05) is 27.9 Å². The Hall–Kier alpha value is -3.31. The highest BCUT2D eigenvalue weighted by atomic mass is 32.2. The summed E-state index contributed by atoms with van der Waals surface area (Å²) in [7, 11) is 4.71. The van der Waals surface area contributed by atoms with E-state index in [4.69, 9.17) is 18.8 Å². The molecule has 0 unspecified atom stereocenters. The highest BCUT2D eigenvalue weighted by molar-refractivity contribution is 8.00. The molecule has 4 rings (SSSR count). The van der Waals surface area contributed by atoms with E-state index in [1.807, 2.05) is 12.1 Å². The lowest BCUT2D eigenvalue weighted by Crippen LogP contribution is -2.42. The van der Waals surface area contributed by atoms with Gasteiger partial charge in [0.1, 0.15) is 17.2 Å². The van der Waals surface area contributed by atoms with E-state index in [0.29, 0.717) is 48.1 Å². The molecule has 0 bridgehead atoms. The first-order valence-electron chi connectivity index (χ1n) is 11.4. The molecule has 9 nitrogen and oxygen atoms in total. The normalized spacial score (nSPS) is 17.7. The van der Waals surface area contributed by atoms with Crippen molar-refractivity contribution < 1.29 is 28.0 Å². The molecule has 1 aliphatic rings. The van der Waals surface area contributed by atoms with Gasteiger partial charge in [-0.3, -0.25) is 9.69 Å². The zero-order valence-corrected chi connectivity index (χ0v) is 21.4. The maximum atomic E-state index is 13.4. The first-order valence-corrected chi connectivity index (χ1v) is 12.3. The van der Waals surface area contributed by atoms with Gasteiger partial charge in [-0.1, -0.05) is 16.4 Å². The number of methoxy groups -OCH3 is 3. The van der Waals surface area contributed by atoms with Gasteiger partial charge in [0.05, 0.1) is 33.9 Å². The van der Waals surface area contributed by atoms with Crippen molar-refractivity contribution in [2.24, 2.45) is 0 Å². The number of amides is 1. The fraction of sp³-hybridized carbons (Fsp3) is 0.400. The van der Waals surface area contributed by atoms with Crippen LogP contribution in [-0.2, 0) is 17.9 Å². The van der Waals surface area contributed by atoms with E-state index in [9.17, 15) is 9.18 Å². The Kier molecular flexibility index (Phi) is 8.32. The van der Waals surface area contributed by atoms with Crippen LogP contribution in [0.3, 0.4) is 0 Å². The van der Waals surface area contributed by atoms with Crippen LogP contribution in [0.25, 0.3) is 0 Å². The standard InChI is InChI=1S/C25H29FN4O5S/c1-15-20(29-35-28-15)12-27-25(31)21-11-19(36-18-8-6-17(26)7-9-18)14-30(21)13-16-5-10-22(32-2)24(34-4)23(16)33-3/h5-10,19,21H,11-14H2,1-4H3,(H,27,31)/t19-,21+/m1/s1. The largest absolute Gasteiger partial charge is 0.493 e. The third-order valence-electron chi connectivity index (χ3n) is 6.12. The summed E-state index contributed by atoms with van der Waals surface area (Å²) in [5.74, 6) is 1.25. The van der Waals surface area contributed by atoms with Gasteiger partial charge < -0.3 is 19.5 Å². The van der Waals surface area contributed by atoms with Gasteiger partial charge in [-0.05, 0) is 43.7 Å². The Labute approximate surface area is 213 Å². The third-order valence-corrected chi connectivity index (χ3v) is 7.34. The fourth-order valence-electron chi connectivity index (χ4n) is 4.31. The smallest absolute Gasteiger partial charge is 0.237 e. The molecule has 192 valence electrons. The molecule has 2 atom stereocenters. The maximum Gasteiger partial charge on any atom is 0.237 e. The SMILES string of the molecule is COc1ccc(CN2C[C@H](Sc3ccc(F)cc3)C[C@H]2C(=O)NCc2nonc2C)c(OC)c1OC. The van der Waals surface area contributed by atoms with E-state index < -0.39 is 0 Å². The second-order valence-electron chi connectivity index (χ2n) is 8.38. The van der Waals surface area contributed by atoms with Gasteiger partial charge in [-0.2, -0.15) is 0 Å². The molecule has 1 amide bonds. The molecule has 11 heteroatoms. The second kappa shape index (κ2) is 11.6. The number of benzene rings is 2. The van der Waals surface area contributed by atoms with Crippen molar-refractivity contribution in [3.8, 4) is 17.2 Å². The van der Waals surface area contributed by atoms with Crippen LogP contribution in [0.1, 0.15) is 23.4 Å². The number of nitrogens with zero attached hydrogens (tertiary/aromatic N) is 3. The van der Waals surface area contributed by atoms with E-state index in [1.54, 1.807) is 52.1 Å². The number of aromatic nitrogens is 2. The summed E-state index contributed by atoms with van der Waals surface area (Å²) in [6, 6.07) is 9.77. The number of rotatable bonds is 10. The van der Waals surface area contributed by atoms with Crippen LogP contribution in [0.2, 0.25) is 0 Å². The monoisotopic (exact) mass is 516 g/mol. The molecule has 2 aromatic carbocycles. The van der Waals surface area contributed by atoms with Crippen molar-refractivity contribution in [3.63, 3.8) is 0 Å². The maximum absolute atomic E-state index is 13.4. The van der Waals surface area contributed by atoms with Crippen LogP contribution in [0, 0.1) is 12.7 Å². The van der Waals surface area contributed by atoms with Gasteiger partial charge in [0.2, 0.25) is 11.7 Å². The Morgan fingerprint density at radius 2 is 1.86 bits per heavy atom. The zero-order valence-electron chi connectivity index (χ0n) is 20.6. The van der Waals surface area contributed by atoms with Crippen LogP contribution in [0.15, 0.2) is 45.9 Å². The Bertz CT molecular complexity index is 1190. The number of halogens is 1. The summed E-state index contributed by atoms with van der Waals surface area (Å²) < 4.78 is 34.7. The average Bonchev–Trinajstić information content (AvgIpc) is 3.48. The number of thioether (sulfide) groups is 1. The summed E-state index contributed by atoms with van der Waals surface area (Å²) >= 11 is 1.64. The molecular weight excluding hydrogens is 487 g/mol. The van der Waals surface area contributed by atoms with Gasteiger partial charge >= 0.3 is 0 Å². The van der Waals surface area contributed by atoms with Crippen LogP contribution in [0.4, 0.5) is 4.39 Å². The highest BCUT2D eigenvalue weighted by Crippen LogP contribution is 2.41. The van der Waals surface area contributed by atoms with Crippen LogP contribution >= 0.6 is 11.8 Å². The first-order chi connectivity index (χ1) is 17.4. The molecule has 3 aromatic rings. The van der Waals surface area contributed by atoms with Crippen molar-refractivity contribution in [1.82, 2.24) is 20.5 Å². The van der Waals surface area contributed by atoms with E-state index in [-0.39, 0.29) is 29.6 Å². The van der Waals surface area contributed by atoms with E-state index in [1.165, 1.54) is 12.1 Å². The van der Waals surface area contributed by atoms with Crippen molar-refractivity contribution >= 4 is 17.7 Å². The number of ether oxygens (including phenoxy) is 3. The number of hydrogen-bond acceptors (Lipinski definition) is 9. The summed E-state index contributed by atoms with van der Waals surface area (Å²) in [5, 5.41) is 10.7. The summed E-state index contributed by atoms with van der Waals surface area (Å²) in [4.78, 5) is 16.4. The summed E-state index contributed by atoms with van der Waals surface area (Å²) in [6.07, 6.45) is 0.625. The first kappa shape index (κ1) is 25.8. The molecular formula is C25H29FN4O5S. The Balaban J connectivity index is 1.55. The van der Waals surface area contributed by atoms with Gasteiger partial charge in [-0.25, -0.2) is 9.02 Å². The molecule has 0 radical (unpaired) electrons. The summed E-state index contributed by atoms with van der Waals surface area (Å²) in [6.45, 7) is 3.13. The van der Waals surface area contributed by atoms with Gasteiger partial charge in [0.25, 0.3) is 0 Å². The minimum absolute atomic E-state index is 0.112. The number of likely N-dealkylation sites (tertiary alicyclic amines) is 1. The van der Waals surface area contributed by atoms with Gasteiger partial charge in [0, 0.05) is 28.8 Å². The Morgan fingerprint density at radius 3 is 2.50 bits per heavy atom. The molecule has 2 heterocycles. The van der Waals surface area contributed by atoms with Crippen LogP contribution < -0.4 is 19.5 Å². The molecule has 1 fully saturated rings. The van der Waals surface area contributed by atoms with Crippen molar-refractivity contribution in [1.29, 1.82) is 0 Å². The highest BCUT2D eigenvalue weighted by Gasteiger charge is 2.38. The van der Waals surface area contributed by atoms with Gasteiger partial charge in [-0.15, -0.1) is 11.8 Å². The van der Waals surface area contributed by atoms with E-state index in [0.717, 1.165) is 10.5 Å². The molecule has 1 saturated heterocycles.